The summed E-state index contributed by atoms with van der Waals surface area (Å²) in [5, 5.41) is 0. The second-order valence-corrected chi connectivity index (χ2v) is 5.59. The minimum Gasteiger partial charge on any atom is -0.368 e. The normalized spacial score (nSPS) is 19.1. The maximum atomic E-state index is 12.7. The Bertz CT molecular complexity index is 525. The minimum atomic E-state index is -4.31. The highest BCUT2D eigenvalue weighted by Crippen LogP contribution is 2.29. The van der Waals surface area contributed by atoms with Crippen molar-refractivity contribution in [3.05, 3.63) is 35.4 Å². The number of hydrogen-bond donors (Lipinski definition) is 1. The van der Waals surface area contributed by atoms with Gasteiger partial charge in [0.2, 0.25) is 5.91 Å². The van der Waals surface area contributed by atoms with Crippen LogP contribution < -0.4 is 5.73 Å². The average molecular weight is 315 g/mol. The van der Waals surface area contributed by atoms with Crippen molar-refractivity contribution >= 4 is 5.91 Å². The molecule has 1 amide bonds. The number of primary amides is 1. The van der Waals surface area contributed by atoms with Gasteiger partial charge in [-0.1, -0.05) is 18.2 Å². The minimum absolute atomic E-state index is 0.310. The predicted octanol–water partition coefficient (Wildman–Crippen LogP) is 1.70. The molecule has 1 aliphatic rings. The molecule has 0 radical (unpaired) electrons. The van der Waals surface area contributed by atoms with Crippen LogP contribution in [0.25, 0.3) is 0 Å². The fourth-order valence-electron chi connectivity index (χ4n) is 2.59. The van der Waals surface area contributed by atoms with Crippen molar-refractivity contribution in [3.8, 4) is 0 Å². The summed E-state index contributed by atoms with van der Waals surface area (Å²) in [5.74, 6) is -0.355. The number of rotatable bonds is 4. The van der Waals surface area contributed by atoms with Gasteiger partial charge < -0.3 is 5.73 Å². The van der Waals surface area contributed by atoms with Crippen molar-refractivity contribution in [2.75, 3.05) is 26.2 Å². The SMILES string of the molecule is C[C@H](C(N)=O)N1CCN(Cc2cccc(C(F)(F)F)c2)CC1. The molecular weight excluding hydrogens is 295 g/mol. The second-order valence-electron chi connectivity index (χ2n) is 5.59. The Morgan fingerprint density at radius 1 is 1.27 bits per heavy atom. The van der Waals surface area contributed by atoms with Crippen molar-refractivity contribution in [2.45, 2.75) is 25.7 Å². The number of carbonyl (C=O) groups excluding carboxylic acids is 1. The number of piperazine rings is 1. The van der Waals surface area contributed by atoms with Crippen LogP contribution in [-0.2, 0) is 17.5 Å². The van der Waals surface area contributed by atoms with E-state index in [1.54, 1.807) is 13.0 Å². The zero-order valence-electron chi connectivity index (χ0n) is 12.4. The number of benzene rings is 1. The van der Waals surface area contributed by atoms with Gasteiger partial charge in [0, 0.05) is 32.7 Å². The fraction of sp³-hybridized carbons (Fsp3) is 0.533. The molecular formula is C15H20F3N3O. The summed E-state index contributed by atoms with van der Waals surface area (Å²) in [4.78, 5) is 15.2. The third-order valence-corrected chi connectivity index (χ3v) is 4.03. The lowest BCUT2D eigenvalue weighted by molar-refractivity contribution is -0.137. The van der Waals surface area contributed by atoms with Gasteiger partial charge >= 0.3 is 6.18 Å². The van der Waals surface area contributed by atoms with Gasteiger partial charge in [-0.3, -0.25) is 14.6 Å². The van der Waals surface area contributed by atoms with Crippen LogP contribution in [0.1, 0.15) is 18.1 Å². The topological polar surface area (TPSA) is 49.6 Å². The molecule has 0 unspecified atom stereocenters. The molecule has 0 aromatic heterocycles. The third-order valence-electron chi connectivity index (χ3n) is 4.03. The molecule has 4 nitrogen and oxygen atoms in total. The van der Waals surface area contributed by atoms with Crippen LogP contribution >= 0.6 is 0 Å². The number of hydrogen-bond acceptors (Lipinski definition) is 3. The highest BCUT2D eigenvalue weighted by Gasteiger charge is 2.30. The molecule has 22 heavy (non-hydrogen) atoms. The Morgan fingerprint density at radius 2 is 1.91 bits per heavy atom. The van der Waals surface area contributed by atoms with Crippen LogP contribution in [-0.4, -0.2) is 47.9 Å². The van der Waals surface area contributed by atoms with Gasteiger partial charge in [-0.25, -0.2) is 0 Å². The van der Waals surface area contributed by atoms with Gasteiger partial charge in [0.15, 0.2) is 0 Å². The first-order valence-corrected chi connectivity index (χ1v) is 7.19. The Morgan fingerprint density at radius 3 is 2.45 bits per heavy atom. The molecule has 0 bridgehead atoms. The molecule has 122 valence electrons. The van der Waals surface area contributed by atoms with E-state index in [2.05, 4.69) is 4.90 Å². The summed E-state index contributed by atoms with van der Waals surface area (Å²) < 4.78 is 38.1. The van der Waals surface area contributed by atoms with E-state index in [9.17, 15) is 18.0 Å². The quantitative estimate of drug-likeness (QED) is 0.920. The summed E-state index contributed by atoms with van der Waals surface area (Å²) in [6, 6.07) is 5.10. The molecule has 2 rings (SSSR count). The Hall–Kier alpha value is -1.60. The van der Waals surface area contributed by atoms with E-state index in [1.807, 2.05) is 4.90 Å². The molecule has 1 fully saturated rings. The summed E-state index contributed by atoms with van der Waals surface area (Å²) in [7, 11) is 0. The Kier molecular flexibility index (Phi) is 5.08. The molecule has 0 saturated carbocycles. The van der Waals surface area contributed by atoms with Crippen LogP contribution in [0.3, 0.4) is 0 Å². The number of nitrogens with zero attached hydrogens (tertiary/aromatic N) is 2. The van der Waals surface area contributed by atoms with Crippen molar-refractivity contribution in [2.24, 2.45) is 5.73 Å². The predicted molar refractivity (Wildman–Crippen MR) is 77.0 cm³/mol. The lowest BCUT2D eigenvalue weighted by atomic mass is 10.1. The molecule has 1 aromatic rings. The molecule has 1 aromatic carbocycles. The third kappa shape index (κ3) is 4.20. The monoisotopic (exact) mass is 315 g/mol. The van der Waals surface area contributed by atoms with E-state index in [4.69, 9.17) is 5.73 Å². The van der Waals surface area contributed by atoms with Crippen molar-refractivity contribution in [1.29, 1.82) is 0 Å². The Labute approximate surface area is 127 Å². The first-order chi connectivity index (χ1) is 10.3. The van der Waals surface area contributed by atoms with Crippen LogP contribution in [0, 0.1) is 0 Å². The van der Waals surface area contributed by atoms with Gasteiger partial charge in [-0.2, -0.15) is 13.2 Å². The van der Waals surface area contributed by atoms with Crippen LogP contribution in [0.2, 0.25) is 0 Å². The van der Waals surface area contributed by atoms with Gasteiger partial charge in [0.25, 0.3) is 0 Å². The molecule has 1 heterocycles. The molecule has 1 aliphatic heterocycles. The van der Waals surface area contributed by atoms with E-state index < -0.39 is 11.7 Å². The summed E-state index contributed by atoms with van der Waals surface area (Å²) in [5.41, 5.74) is 5.31. The average Bonchev–Trinajstić information content (AvgIpc) is 2.46. The van der Waals surface area contributed by atoms with Crippen molar-refractivity contribution in [1.82, 2.24) is 9.80 Å². The molecule has 0 aliphatic carbocycles. The Balaban J connectivity index is 1.93. The lowest BCUT2D eigenvalue weighted by Gasteiger charge is -2.37. The molecule has 0 spiro atoms. The number of carbonyl (C=O) groups is 1. The standard InChI is InChI=1S/C15H20F3N3O/c1-11(14(19)22)21-7-5-20(6-8-21)10-12-3-2-4-13(9-12)15(16,17)18/h2-4,9,11H,5-8,10H2,1H3,(H2,19,22)/t11-/m1/s1. The van der Waals surface area contributed by atoms with E-state index >= 15 is 0 Å². The van der Waals surface area contributed by atoms with Crippen LogP contribution in [0.5, 0.6) is 0 Å². The summed E-state index contributed by atoms with van der Waals surface area (Å²) >= 11 is 0. The molecule has 2 N–H and O–H groups in total. The highest BCUT2D eigenvalue weighted by atomic mass is 19.4. The summed E-state index contributed by atoms with van der Waals surface area (Å²) in [6.45, 7) is 5.02. The van der Waals surface area contributed by atoms with Gasteiger partial charge in [-0.05, 0) is 18.6 Å². The number of nitrogens with two attached hydrogens (primary N) is 1. The zero-order chi connectivity index (χ0) is 16.3. The van der Waals surface area contributed by atoms with E-state index in [0.717, 1.165) is 6.07 Å². The van der Waals surface area contributed by atoms with Crippen molar-refractivity contribution < 1.29 is 18.0 Å². The fourth-order valence-corrected chi connectivity index (χ4v) is 2.59. The van der Waals surface area contributed by atoms with Crippen molar-refractivity contribution in [3.63, 3.8) is 0 Å². The molecule has 7 heteroatoms. The van der Waals surface area contributed by atoms with E-state index in [-0.39, 0.29) is 11.9 Å². The number of amides is 1. The first-order valence-electron chi connectivity index (χ1n) is 7.19. The van der Waals surface area contributed by atoms with Gasteiger partial charge in [-0.15, -0.1) is 0 Å². The van der Waals surface area contributed by atoms with Crippen LogP contribution in [0.4, 0.5) is 13.2 Å². The molecule has 1 atom stereocenters. The van der Waals surface area contributed by atoms with Gasteiger partial charge in [0.1, 0.15) is 0 Å². The molecule has 1 saturated heterocycles. The van der Waals surface area contributed by atoms with Crippen LogP contribution in [0.15, 0.2) is 24.3 Å². The smallest absolute Gasteiger partial charge is 0.368 e. The largest absolute Gasteiger partial charge is 0.416 e. The number of alkyl halides is 3. The maximum absolute atomic E-state index is 12.7. The van der Waals surface area contributed by atoms with E-state index in [0.29, 0.717) is 38.3 Å². The lowest BCUT2D eigenvalue weighted by Crippen LogP contribution is -2.52. The zero-order valence-corrected chi connectivity index (χ0v) is 12.4. The van der Waals surface area contributed by atoms with E-state index in [1.165, 1.54) is 12.1 Å². The highest BCUT2D eigenvalue weighted by molar-refractivity contribution is 5.79. The first kappa shape index (κ1) is 16.8. The number of halogens is 3. The second kappa shape index (κ2) is 6.66. The van der Waals surface area contributed by atoms with Gasteiger partial charge in [0.05, 0.1) is 11.6 Å². The summed E-state index contributed by atoms with van der Waals surface area (Å²) in [6.07, 6.45) is -4.31. The maximum Gasteiger partial charge on any atom is 0.416 e.